The lowest BCUT2D eigenvalue weighted by atomic mass is 10.1. The molecule has 0 spiro atoms. The molecule has 8 heteroatoms. The highest BCUT2D eigenvalue weighted by Crippen LogP contribution is 2.18. The van der Waals surface area contributed by atoms with Crippen molar-refractivity contribution in [2.45, 2.75) is 12.6 Å². The Labute approximate surface area is 180 Å². The lowest BCUT2D eigenvalue weighted by molar-refractivity contribution is 0.0333. The first-order valence-electron chi connectivity index (χ1n) is 10.0. The van der Waals surface area contributed by atoms with Crippen LogP contribution in [0.4, 0.5) is 5.69 Å². The maximum atomic E-state index is 12.4. The SMILES string of the molecule is O=C(Nc1ccccc1)c1nnc(CNC(CN2CCOCC2)c2ccccc2)s1. The lowest BCUT2D eigenvalue weighted by Crippen LogP contribution is -2.41. The van der Waals surface area contributed by atoms with E-state index >= 15 is 0 Å². The van der Waals surface area contributed by atoms with Gasteiger partial charge in [0.05, 0.1) is 19.8 Å². The molecule has 0 aliphatic carbocycles. The van der Waals surface area contributed by atoms with E-state index in [9.17, 15) is 4.79 Å². The molecule has 1 aliphatic heterocycles. The summed E-state index contributed by atoms with van der Waals surface area (Å²) in [6.07, 6.45) is 0. The van der Waals surface area contributed by atoms with Crippen LogP contribution in [0, 0.1) is 0 Å². The Morgan fingerprint density at radius 2 is 1.73 bits per heavy atom. The Balaban J connectivity index is 1.38. The number of amides is 1. The van der Waals surface area contributed by atoms with E-state index in [1.165, 1.54) is 16.9 Å². The van der Waals surface area contributed by atoms with Gasteiger partial charge in [-0.2, -0.15) is 0 Å². The van der Waals surface area contributed by atoms with Gasteiger partial charge in [0.15, 0.2) is 0 Å². The number of hydrogen-bond donors (Lipinski definition) is 2. The zero-order valence-corrected chi connectivity index (χ0v) is 17.5. The molecule has 1 amide bonds. The third-order valence-electron chi connectivity index (χ3n) is 4.94. The second-order valence-corrected chi connectivity index (χ2v) is 8.14. The van der Waals surface area contributed by atoms with E-state index in [-0.39, 0.29) is 11.9 Å². The number of nitrogens with zero attached hydrogens (tertiary/aromatic N) is 3. The van der Waals surface area contributed by atoms with E-state index < -0.39 is 0 Å². The fraction of sp³-hybridized carbons (Fsp3) is 0.318. The number of anilines is 1. The summed E-state index contributed by atoms with van der Waals surface area (Å²) in [5.41, 5.74) is 1.97. The highest BCUT2D eigenvalue weighted by molar-refractivity contribution is 7.13. The number of para-hydroxylation sites is 1. The van der Waals surface area contributed by atoms with Crippen molar-refractivity contribution in [2.75, 3.05) is 38.2 Å². The summed E-state index contributed by atoms with van der Waals surface area (Å²) in [6.45, 7) is 4.88. The van der Waals surface area contributed by atoms with Crippen LogP contribution in [0.2, 0.25) is 0 Å². The van der Waals surface area contributed by atoms with Gasteiger partial charge in [0.2, 0.25) is 5.01 Å². The van der Waals surface area contributed by atoms with Crippen molar-refractivity contribution in [3.63, 3.8) is 0 Å². The minimum atomic E-state index is -0.238. The van der Waals surface area contributed by atoms with Crippen molar-refractivity contribution in [2.24, 2.45) is 0 Å². The van der Waals surface area contributed by atoms with Gasteiger partial charge in [0, 0.05) is 31.4 Å². The molecule has 1 fully saturated rings. The summed E-state index contributed by atoms with van der Waals surface area (Å²) in [5, 5.41) is 15.9. The number of morpholine rings is 1. The predicted molar refractivity (Wildman–Crippen MR) is 118 cm³/mol. The van der Waals surface area contributed by atoms with E-state index in [1.54, 1.807) is 0 Å². The Morgan fingerprint density at radius 3 is 2.47 bits per heavy atom. The lowest BCUT2D eigenvalue weighted by Gasteiger charge is -2.31. The zero-order chi connectivity index (χ0) is 20.6. The van der Waals surface area contributed by atoms with Crippen LogP contribution >= 0.6 is 11.3 Å². The second kappa shape index (κ2) is 10.4. The third-order valence-corrected chi connectivity index (χ3v) is 5.86. The number of hydrogen-bond acceptors (Lipinski definition) is 7. The van der Waals surface area contributed by atoms with E-state index in [2.05, 4.69) is 50.0 Å². The number of benzene rings is 2. The molecule has 2 heterocycles. The molecule has 0 radical (unpaired) electrons. The fourth-order valence-corrected chi connectivity index (χ4v) is 4.03. The molecule has 1 aromatic heterocycles. The molecule has 156 valence electrons. The summed E-state index contributed by atoms with van der Waals surface area (Å²) >= 11 is 1.31. The topological polar surface area (TPSA) is 79.4 Å². The maximum absolute atomic E-state index is 12.4. The number of ether oxygens (including phenoxy) is 1. The molecule has 0 saturated carbocycles. The fourth-order valence-electron chi connectivity index (χ4n) is 3.35. The van der Waals surface area contributed by atoms with E-state index in [4.69, 9.17) is 4.74 Å². The smallest absolute Gasteiger partial charge is 0.286 e. The van der Waals surface area contributed by atoms with Gasteiger partial charge in [0.1, 0.15) is 5.01 Å². The molecular formula is C22H25N5O2S. The van der Waals surface area contributed by atoms with Crippen LogP contribution in [-0.4, -0.2) is 53.9 Å². The number of carbonyl (C=O) groups is 1. The normalized spacial score (nSPS) is 15.6. The Hall–Kier alpha value is -2.65. The standard InChI is InChI=1S/C22H25N5O2S/c28-21(24-18-9-5-2-6-10-18)22-26-25-20(30-22)15-23-19(17-7-3-1-4-8-17)16-27-11-13-29-14-12-27/h1-10,19,23H,11-16H2,(H,24,28). The number of nitrogens with one attached hydrogen (secondary N) is 2. The monoisotopic (exact) mass is 423 g/mol. The van der Waals surface area contributed by atoms with Gasteiger partial charge in [0.25, 0.3) is 5.91 Å². The van der Waals surface area contributed by atoms with Crippen LogP contribution in [0.1, 0.15) is 26.4 Å². The minimum absolute atomic E-state index is 0.162. The van der Waals surface area contributed by atoms with Gasteiger partial charge in [-0.25, -0.2) is 0 Å². The highest BCUT2D eigenvalue weighted by Gasteiger charge is 2.19. The molecular weight excluding hydrogens is 398 g/mol. The highest BCUT2D eigenvalue weighted by atomic mass is 32.1. The van der Waals surface area contributed by atoms with Crippen molar-refractivity contribution >= 4 is 22.9 Å². The first-order chi connectivity index (χ1) is 14.8. The zero-order valence-electron chi connectivity index (χ0n) is 16.7. The van der Waals surface area contributed by atoms with Crippen molar-refractivity contribution in [3.8, 4) is 0 Å². The molecule has 1 saturated heterocycles. The average molecular weight is 424 g/mol. The van der Waals surface area contributed by atoms with E-state index in [1.807, 2.05) is 36.4 Å². The largest absolute Gasteiger partial charge is 0.379 e. The first kappa shape index (κ1) is 20.6. The second-order valence-electron chi connectivity index (χ2n) is 7.08. The Morgan fingerprint density at radius 1 is 1.03 bits per heavy atom. The van der Waals surface area contributed by atoms with E-state index in [0.29, 0.717) is 11.6 Å². The van der Waals surface area contributed by atoms with Crippen LogP contribution < -0.4 is 10.6 Å². The average Bonchev–Trinajstić information content (AvgIpc) is 3.28. The molecule has 2 N–H and O–H groups in total. The van der Waals surface area contributed by atoms with Crippen molar-refractivity contribution < 1.29 is 9.53 Å². The number of aromatic nitrogens is 2. The van der Waals surface area contributed by atoms with Gasteiger partial charge in [-0.3, -0.25) is 9.69 Å². The molecule has 1 aliphatic rings. The molecule has 30 heavy (non-hydrogen) atoms. The molecule has 0 bridgehead atoms. The number of rotatable bonds is 8. The van der Waals surface area contributed by atoms with Gasteiger partial charge in [-0.1, -0.05) is 59.9 Å². The van der Waals surface area contributed by atoms with Crippen LogP contribution in [0.3, 0.4) is 0 Å². The number of carbonyl (C=O) groups excluding carboxylic acids is 1. The minimum Gasteiger partial charge on any atom is -0.379 e. The van der Waals surface area contributed by atoms with Crippen LogP contribution in [0.25, 0.3) is 0 Å². The molecule has 2 aromatic carbocycles. The first-order valence-corrected chi connectivity index (χ1v) is 10.9. The molecule has 3 aromatic rings. The summed E-state index contributed by atoms with van der Waals surface area (Å²) in [6, 6.07) is 19.9. The van der Waals surface area contributed by atoms with Crippen LogP contribution in [-0.2, 0) is 11.3 Å². The van der Waals surface area contributed by atoms with Gasteiger partial charge in [-0.15, -0.1) is 10.2 Å². The van der Waals surface area contributed by atoms with Crippen LogP contribution in [0.5, 0.6) is 0 Å². The maximum Gasteiger partial charge on any atom is 0.286 e. The molecule has 1 atom stereocenters. The quantitative estimate of drug-likeness (QED) is 0.580. The van der Waals surface area contributed by atoms with Crippen molar-refractivity contribution in [1.29, 1.82) is 0 Å². The summed E-state index contributed by atoms with van der Waals surface area (Å²) in [5.74, 6) is -0.238. The van der Waals surface area contributed by atoms with Crippen molar-refractivity contribution in [3.05, 3.63) is 76.2 Å². The summed E-state index contributed by atoms with van der Waals surface area (Å²) in [4.78, 5) is 14.8. The molecule has 1 unspecified atom stereocenters. The van der Waals surface area contributed by atoms with Gasteiger partial charge in [-0.05, 0) is 17.7 Å². The molecule has 4 rings (SSSR count). The van der Waals surface area contributed by atoms with Gasteiger partial charge >= 0.3 is 0 Å². The van der Waals surface area contributed by atoms with Crippen molar-refractivity contribution in [1.82, 2.24) is 20.4 Å². The third kappa shape index (κ3) is 5.70. The summed E-state index contributed by atoms with van der Waals surface area (Å²) < 4.78 is 5.47. The Bertz CT molecular complexity index is 929. The van der Waals surface area contributed by atoms with Gasteiger partial charge < -0.3 is 15.4 Å². The predicted octanol–water partition coefficient (Wildman–Crippen LogP) is 2.95. The Kier molecular flexibility index (Phi) is 7.15. The summed E-state index contributed by atoms with van der Waals surface area (Å²) in [7, 11) is 0. The van der Waals surface area contributed by atoms with Crippen LogP contribution in [0.15, 0.2) is 60.7 Å². The van der Waals surface area contributed by atoms with E-state index in [0.717, 1.165) is 43.5 Å². The molecule has 7 nitrogen and oxygen atoms in total.